The second-order valence-corrected chi connectivity index (χ2v) is 7.71. The molecule has 2 heterocycles. The molecule has 8 heteroatoms. The average Bonchev–Trinajstić information content (AvgIpc) is 2.74. The summed E-state index contributed by atoms with van der Waals surface area (Å²) >= 11 is 0. The van der Waals surface area contributed by atoms with Crippen LogP contribution in [0.3, 0.4) is 0 Å². The number of fused-ring (bicyclic) bond motifs is 1. The molecule has 1 unspecified atom stereocenters. The van der Waals surface area contributed by atoms with Gasteiger partial charge < -0.3 is 29.4 Å². The van der Waals surface area contributed by atoms with Gasteiger partial charge in [0.1, 0.15) is 28.9 Å². The van der Waals surface area contributed by atoms with Crippen LogP contribution in [0.15, 0.2) is 40.5 Å². The van der Waals surface area contributed by atoms with Crippen molar-refractivity contribution < 1.29 is 14.2 Å². The van der Waals surface area contributed by atoms with E-state index < -0.39 is 5.92 Å². The van der Waals surface area contributed by atoms with Crippen LogP contribution in [0, 0.1) is 18.3 Å². The summed E-state index contributed by atoms with van der Waals surface area (Å²) in [5.41, 5.74) is 7.87. The van der Waals surface area contributed by atoms with E-state index in [2.05, 4.69) is 11.0 Å². The maximum absolute atomic E-state index is 13.6. The highest BCUT2D eigenvalue weighted by molar-refractivity contribution is 5.59. The zero-order chi connectivity index (χ0) is 22.7. The van der Waals surface area contributed by atoms with Crippen LogP contribution in [0.1, 0.15) is 29.2 Å². The fourth-order valence-electron chi connectivity index (χ4n) is 3.88. The number of aromatic nitrogens is 1. The third-order valence-electron chi connectivity index (χ3n) is 5.43. The Balaban J connectivity index is 2.21. The van der Waals surface area contributed by atoms with Gasteiger partial charge in [0, 0.05) is 29.9 Å². The lowest BCUT2D eigenvalue weighted by Crippen LogP contribution is -2.33. The molecule has 0 aliphatic carbocycles. The van der Waals surface area contributed by atoms with Crippen LogP contribution in [0.2, 0.25) is 0 Å². The highest BCUT2D eigenvalue weighted by atomic mass is 16.5. The number of nitrogens with two attached hydrogens (primary N) is 1. The van der Waals surface area contributed by atoms with E-state index in [9.17, 15) is 10.1 Å². The predicted octanol–water partition coefficient (Wildman–Crippen LogP) is 2.34. The number of pyridine rings is 1. The maximum Gasteiger partial charge on any atom is 0.258 e. The van der Waals surface area contributed by atoms with Crippen molar-refractivity contribution in [2.24, 2.45) is 5.73 Å². The number of nitrogens with zero attached hydrogens (tertiary/aromatic N) is 3. The Bertz CT molecular complexity index is 1110. The minimum absolute atomic E-state index is 0.0120. The normalized spacial score (nSPS) is 15.3. The fourth-order valence-corrected chi connectivity index (χ4v) is 3.88. The van der Waals surface area contributed by atoms with E-state index in [4.69, 9.17) is 19.9 Å². The molecule has 1 aromatic heterocycles. The maximum atomic E-state index is 13.6. The number of hydrogen-bond acceptors (Lipinski definition) is 7. The van der Waals surface area contributed by atoms with Gasteiger partial charge in [-0.15, -0.1) is 0 Å². The van der Waals surface area contributed by atoms with Gasteiger partial charge in [0.15, 0.2) is 0 Å². The molecule has 31 heavy (non-hydrogen) atoms. The summed E-state index contributed by atoms with van der Waals surface area (Å²) in [5, 5.41) is 9.85. The van der Waals surface area contributed by atoms with Crippen molar-refractivity contribution in [3.05, 3.63) is 62.9 Å². The van der Waals surface area contributed by atoms with Gasteiger partial charge in [0.2, 0.25) is 5.88 Å². The Kier molecular flexibility index (Phi) is 6.56. The summed E-state index contributed by atoms with van der Waals surface area (Å²) in [6.45, 7) is 3.28. The monoisotopic (exact) mass is 424 g/mol. The third-order valence-corrected chi connectivity index (χ3v) is 5.43. The Morgan fingerprint density at radius 2 is 2.00 bits per heavy atom. The van der Waals surface area contributed by atoms with Crippen molar-refractivity contribution >= 4 is 0 Å². The van der Waals surface area contributed by atoms with Crippen LogP contribution in [0.4, 0.5) is 0 Å². The smallest absolute Gasteiger partial charge is 0.258 e. The minimum atomic E-state index is -0.706. The van der Waals surface area contributed by atoms with Crippen molar-refractivity contribution in [1.82, 2.24) is 9.47 Å². The summed E-state index contributed by atoms with van der Waals surface area (Å²) in [7, 11) is 7.09. The molecule has 1 aliphatic rings. The van der Waals surface area contributed by atoms with Crippen molar-refractivity contribution in [3.63, 3.8) is 0 Å². The molecule has 8 nitrogen and oxygen atoms in total. The number of benzene rings is 1. The molecule has 0 radical (unpaired) electrons. The minimum Gasteiger partial charge on any atom is -0.497 e. The Morgan fingerprint density at radius 1 is 1.26 bits per heavy atom. The van der Waals surface area contributed by atoms with Crippen LogP contribution in [-0.4, -0.2) is 44.3 Å². The van der Waals surface area contributed by atoms with E-state index in [0.717, 1.165) is 18.7 Å². The molecule has 0 amide bonds. The van der Waals surface area contributed by atoms with Crippen LogP contribution < -0.4 is 25.5 Å². The van der Waals surface area contributed by atoms with Crippen LogP contribution in [0.25, 0.3) is 0 Å². The van der Waals surface area contributed by atoms with E-state index in [1.165, 1.54) is 7.11 Å². The summed E-state index contributed by atoms with van der Waals surface area (Å²) in [5.74, 6) is 0.751. The lowest BCUT2D eigenvalue weighted by atomic mass is 9.83. The number of allylic oxidation sites excluding steroid dienone is 1. The number of hydrogen-bond donors (Lipinski definition) is 1. The number of nitriles is 1. The number of ether oxygens (including phenoxy) is 3. The van der Waals surface area contributed by atoms with E-state index in [1.807, 2.05) is 21.0 Å². The highest BCUT2D eigenvalue weighted by Gasteiger charge is 2.36. The molecule has 0 fully saturated rings. The first kappa shape index (κ1) is 22.2. The van der Waals surface area contributed by atoms with Crippen LogP contribution in [0.5, 0.6) is 17.2 Å². The lowest BCUT2D eigenvalue weighted by Gasteiger charge is -2.28. The van der Waals surface area contributed by atoms with Crippen molar-refractivity contribution in [3.8, 4) is 23.3 Å². The molecule has 3 rings (SSSR count). The molecule has 2 N–H and O–H groups in total. The van der Waals surface area contributed by atoms with Gasteiger partial charge in [0.25, 0.3) is 5.56 Å². The molecule has 1 aliphatic heterocycles. The van der Waals surface area contributed by atoms with E-state index in [-0.39, 0.29) is 17.0 Å². The first-order chi connectivity index (χ1) is 14.8. The van der Waals surface area contributed by atoms with E-state index >= 15 is 0 Å². The average molecular weight is 425 g/mol. The molecule has 0 saturated heterocycles. The molecule has 0 saturated carbocycles. The predicted molar refractivity (Wildman–Crippen MR) is 117 cm³/mol. The van der Waals surface area contributed by atoms with Gasteiger partial charge in [-0.3, -0.25) is 4.79 Å². The third kappa shape index (κ3) is 4.23. The highest BCUT2D eigenvalue weighted by Crippen LogP contribution is 2.44. The largest absolute Gasteiger partial charge is 0.497 e. The van der Waals surface area contributed by atoms with Crippen LogP contribution >= 0.6 is 0 Å². The SMILES string of the molecule is COc1ccc(C2C(C#N)=C(N)Oc3cc(C)n(CCCN(C)C)c(=O)c32)c(OC)c1. The van der Waals surface area contributed by atoms with E-state index in [0.29, 0.717) is 34.9 Å². The molecule has 164 valence electrons. The standard InChI is InChI=1S/C23H28N4O4/c1-14-11-19-21(23(28)27(14)10-6-9-26(2)3)20(17(13-24)22(25)31-19)16-8-7-15(29-4)12-18(16)30-5/h7-8,11-12,20H,6,9-10,25H2,1-5H3. The second-order valence-electron chi connectivity index (χ2n) is 7.71. The van der Waals surface area contributed by atoms with E-state index in [1.54, 1.807) is 35.9 Å². The van der Waals surface area contributed by atoms with Gasteiger partial charge in [-0.2, -0.15) is 5.26 Å². The Hall–Kier alpha value is -3.44. The zero-order valence-corrected chi connectivity index (χ0v) is 18.6. The summed E-state index contributed by atoms with van der Waals surface area (Å²) in [4.78, 5) is 15.7. The van der Waals surface area contributed by atoms with Crippen molar-refractivity contribution in [2.45, 2.75) is 25.8 Å². The van der Waals surface area contributed by atoms with Gasteiger partial charge in [-0.1, -0.05) is 6.07 Å². The summed E-state index contributed by atoms with van der Waals surface area (Å²) in [6, 6.07) is 9.21. The molecule has 0 spiro atoms. The molecular formula is C23H28N4O4. The summed E-state index contributed by atoms with van der Waals surface area (Å²) < 4.78 is 18.3. The second kappa shape index (κ2) is 9.14. The topological polar surface area (TPSA) is 103 Å². The molecule has 0 bridgehead atoms. The Morgan fingerprint density at radius 3 is 2.61 bits per heavy atom. The van der Waals surface area contributed by atoms with Gasteiger partial charge in [0.05, 0.1) is 25.7 Å². The quantitative estimate of drug-likeness (QED) is 0.728. The molecular weight excluding hydrogens is 396 g/mol. The Labute approximate surface area is 182 Å². The first-order valence-corrected chi connectivity index (χ1v) is 10.0. The molecule has 1 atom stereocenters. The van der Waals surface area contributed by atoms with Gasteiger partial charge >= 0.3 is 0 Å². The molecule has 2 aromatic rings. The first-order valence-electron chi connectivity index (χ1n) is 10.0. The van der Waals surface area contributed by atoms with Gasteiger partial charge in [-0.05, 0) is 40.1 Å². The molecule has 1 aromatic carbocycles. The number of rotatable bonds is 7. The summed E-state index contributed by atoms with van der Waals surface area (Å²) in [6.07, 6.45) is 0.812. The van der Waals surface area contributed by atoms with Gasteiger partial charge in [-0.25, -0.2) is 0 Å². The number of methoxy groups -OCH3 is 2. The fraction of sp³-hybridized carbons (Fsp3) is 0.391. The van der Waals surface area contributed by atoms with Crippen LogP contribution in [-0.2, 0) is 6.54 Å². The zero-order valence-electron chi connectivity index (χ0n) is 18.6. The van der Waals surface area contributed by atoms with Crippen molar-refractivity contribution in [1.29, 1.82) is 5.26 Å². The van der Waals surface area contributed by atoms with Crippen molar-refractivity contribution in [2.75, 3.05) is 34.9 Å². The number of aryl methyl sites for hydroxylation is 1. The lowest BCUT2D eigenvalue weighted by molar-refractivity contribution is 0.372.